The number of aromatic nitrogens is 1. The molecular weight excluding hydrogens is 280 g/mol. The Balaban J connectivity index is 2.04. The van der Waals surface area contributed by atoms with Gasteiger partial charge in [-0.2, -0.15) is 0 Å². The average molecular weight is 300 g/mol. The third-order valence-corrected chi connectivity index (χ3v) is 3.99. The first-order valence-corrected chi connectivity index (χ1v) is 7.24. The summed E-state index contributed by atoms with van der Waals surface area (Å²) >= 11 is 0. The van der Waals surface area contributed by atoms with Crippen LogP contribution in [-0.4, -0.2) is 30.9 Å². The summed E-state index contributed by atoms with van der Waals surface area (Å²) < 4.78 is 10.8. The molecule has 1 aromatic carbocycles. The van der Waals surface area contributed by atoms with Crippen molar-refractivity contribution in [2.45, 2.75) is 19.6 Å². The van der Waals surface area contributed by atoms with Crippen molar-refractivity contribution in [2.75, 3.05) is 25.7 Å². The molecule has 22 heavy (non-hydrogen) atoms. The lowest BCUT2D eigenvalue weighted by atomic mass is 9.95. The molecule has 3 rings (SSSR count). The molecule has 0 saturated carbocycles. The molecule has 1 aromatic heterocycles. The lowest BCUT2D eigenvalue weighted by Gasteiger charge is -2.34. The van der Waals surface area contributed by atoms with E-state index in [1.54, 1.807) is 14.2 Å². The highest BCUT2D eigenvalue weighted by molar-refractivity contribution is 5.55. The van der Waals surface area contributed by atoms with Crippen LogP contribution < -0.4 is 14.4 Å². The number of methoxy groups -OCH3 is 2. The lowest BCUT2D eigenvalue weighted by Crippen LogP contribution is -2.34. The van der Waals surface area contributed by atoms with Crippen LogP contribution in [0, 0.1) is 6.92 Å². The van der Waals surface area contributed by atoms with Crippen molar-refractivity contribution < 1.29 is 14.6 Å². The molecular formula is C17H20N2O3. The van der Waals surface area contributed by atoms with Gasteiger partial charge in [-0.1, -0.05) is 6.07 Å². The minimum atomic E-state index is -0.642. The van der Waals surface area contributed by atoms with Crippen LogP contribution in [0.15, 0.2) is 30.3 Å². The second-order valence-electron chi connectivity index (χ2n) is 5.40. The fourth-order valence-corrected chi connectivity index (χ4v) is 2.96. The Morgan fingerprint density at radius 3 is 2.55 bits per heavy atom. The van der Waals surface area contributed by atoms with Crippen LogP contribution in [-0.2, 0) is 6.54 Å². The summed E-state index contributed by atoms with van der Waals surface area (Å²) in [6.45, 7) is 3.07. The summed E-state index contributed by atoms with van der Waals surface area (Å²) in [7, 11) is 3.25. The van der Waals surface area contributed by atoms with Crippen LogP contribution in [0.2, 0.25) is 0 Å². The topological polar surface area (TPSA) is 54.8 Å². The van der Waals surface area contributed by atoms with E-state index in [1.807, 2.05) is 37.3 Å². The molecule has 0 saturated heterocycles. The van der Waals surface area contributed by atoms with E-state index in [0.29, 0.717) is 18.8 Å². The lowest BCUT2D eigenvalue weighted by molar-refractivity contribution is 0.169. The Morgan fingerprint density at radius 1 is 1.14 bits per heavy atom. The van der Waals surface area contributed by atoms with Gasteiger partial charge in [-0.05, 0) is 31.2 Å². The van der Waals surface area contributed by atoms with Crippen molar-refractivity contribution in [1.29, 1.82) is 0 Å². The monoisotopic (exact) mass is 300 g/mol. The van der Waals surface area contributed by atoms with Crippen LogP contribution >= 0.6 is 0 Å². The second kappa shape index (κ2) is 5.85. The van der Waals surface area contributed by atoms with Crippen molar-refractivity contribution >= 4 is 5.82 Å². The number of ether oxygens (including phenoxy) is 2. The van der Waals surface area contributed by atoms with Gasteiger partial charge in [-0.25, -0.2) is 4.98 Å². The molecule has 5 heteroatoms. The second-order valence-corrected chi connectivity index (χ2v) is 5.40. The maximum Gasteiger partial charge on any atom is 0.129 e. The smallest absolute Gasteiger partial charge is 0.129 e. The molecule has 1 atom stereocenters. The summed E-state index contributed by atoms with van der Waals surface area (Å²) in [5.74, 6) is 2.31. The fourth-order valence-electron chi connectivity index (χ4n) is 2.96. The summed E-state index contributed by atoms with van der Waals surface area (Å²) in [5.41, 5.74) is 2.71. The number of rotatable bonds is 3. The van der Waals surface area contributed by atoms with E-state index in [1.165, 1.54) is 0 Å². The maximum atomic E-state index is 10.6. The number of aryl methyl sites for hydroxylation is 1. The van der Waals surface area contributed by atoms with Gasteiger partial charge < -0.3 is 19.5 Å². The first kappa shape index (κ1) is 14.7. The maximum absolute atomic E-state index is 10.6. The van der Waals surface area contributed by atoms with E-state index in [2.05, 4.69) is 9.88 Å². The van der Waals surface area contributed by atoms with Gasteiger partial charge in [0.2, 0.25) is 0 Å². The van der Waals surface area contributed by atoms with Gasteiger partial charge in [-0.3, -0.25) is 0 Å². The molecule has 0 spiro atoms. The minimum Gasteiger partial charge on any atom is -0.496 e. The number of β-amino-alcohol motifs (C(OH)–C–C–N with tert-alkyl or cyclic N) is 1. The SMILES string of the molecule is COc1ccc(OC)c2c1CN(c1cccc(C)n1)C[C@@H]2O. The number of hydrogen-bond donors (Lipinski definition) is 1. The third-order valence-electron chi connectivity index (χ3n) is 3.99. The molecule has 1 aliphatic rings. The highest BCUT2D eigenvalue weighted by Gasteiger charge is 2.30. The largest absolute Gasteiger partial charge is 0.496 e. The molecule has 2 heterocycles. The number of fused-ring (bicyclic) bond motifs is 1. The van der Waals surface area contributed by atoms with Gasteiger partial charge >= 0.3 is 0 Å². The zero-order valence-corrected chi connectivity index (χ0v) is 13.0. The number of aliphatic hydroxyl groups excluding tert-OH is 1. The number of aliphatic hydroxyl groups is 1. The molecule has 1 aliphatic heterocycles. The van der Waals surface area contributed by atoms with Gasteiger partial charge in [0.25, 0.3) is 0 Å². The molecule has 0 aliphatic carbocycles. The van der Waals surface area contributed by atoms with E-state index in [4.69, 9.17) is 9.47 Å². The molecule has 2 aromatic rings. The predicted octanol–water partition coefficient (Wildman–Crippen LogP) is 2.46. The Labute approximate surface area is 130 Å². The first-order chi connectivity index (χ1) is 10.6. The van der Waals surface area contributed by atoms with E-state index in [-0.39, 0.29) is 0 Å². The number of benzene rings is 1. The Bertz CT molecular complexity index is 688. The van der Waals surface area contributed by atoms with Crippen LogP contribution in [0.3, 0.4) is 0 Å². The van der Waals surface area contributed by atoms with E-state index < -0.39 is 6.10 Å². The molecule has 1 N–H and O–H groups in total. The third kappa shape index (κ3) is 2.48. The zero-order chi connectivity index (χ0) is 15.7. The molecule has 0 unspecified atom stereocenters. The number of pyridine rings is 1. The van der Waals surface area contributed by atoms with E-state index in [9.17, 15) is 5.11 Å². The minimum absolute atomic E-state index is 0.479. The van der Waals surface area contributed by atoms with Crippen LogP contribution in [0.1, 0.15) is 22.9 Å². The van der Waals surface area contributed by atoms with Crippen molar-refractivity contribution in [3.05, 3.63) is 47.2 Å². The average Bonchev–Trinajstić information content (AvgIpc) is 2.53. The fraction of sp³-hybridized carbons (Fsp3) is 0.353. The van der Waals surface area contributed by atoms with E-state index in [0.717, 1.165) is 28.4 Å². The van der Waals surface area contributed by atoms with Gasteiger partial charge in [0.1, 0.15) is 23.4 Å². The summed E-state index contributed by atoms with van der Waals surface area (Å²) in [5, 5.41) is 10.6. The van der Waals surface area contributed by atoms with Crippen molar-refractivity contribution in [1.82, 2.24) is 4.98 Å². The van der Waals surface area contributed by atoms with Gasteiger partial charge in [0, 0.05) is 23.4 Å². The Morgan fingerprint density at radius 2 is 1.86 bits per heavy atom. The van der Waals surface area contributed by atoms with Gasteiger partial charge in [-0.15, -0.1) is 0 Å². The van der Waals surface area contributed by atoms with Crippen LogP contribution in [0.5, 0.6) is 11.5 Å². The Hall–Kier alpha value is -2.27. The highest BCUT2D eigenvalue weighted by atomic mass is 16.5. The van der Waals surface area contributed by atoms with Crippen LogP contribution in [0.4, 0.5) is 5.82 Å². The normalized spacial score (nSPS) is 17.1. The molecule has 116 valence electrons. The van der Waals surface area contributed by atoms with Gasteiger partial charge in [0.05, 0.1) is 20.8 Å². The number of anilines is 1. The van der Waals surface area contributed by atoms with Crippen LogP contribution in [0.25, 0.3) is 0 Å². The highest BCUT2D eigenvalue weighted by Crippen LogP contribution is 2.40. The molecule has 0 fully saturated rings. The molecule has 0 radical (unpaired) electrons. The predicted molar refractivity (Wildman–Crippen MR) is 84.5 cm³/mol. The van der Waals surface area contributed by atoms with Crippen molar-refractivity contribution in [3.63, 3.8) is 0 Å². The van der Waals surface area contributed by atoms with Crippen molar-refractivity contribution in [3.8, 4) is 11.5 Å². The van der Waals surface area contributed by atoms with E-state index >= 15 is 0 Å². The summed E-state index contributed by atoms with van der Waals surface area (Å²) in [6.07, 6.45) is -0.642. The number of nitrogens with zero attached hydrogens (tertiary/aromatic N) is 2. The number of hydrogen-bond acceptors (Lipinski definition) is 5. The summed E-state index contributed by atoms with van der Waals surface area (Å²) in [6, 6.07) is 9.60. The quantitative estimate of drug-likeness (QED) is 0.943. The van der Waals surface area contributed by atoms with Gasteiger partial charge in [0.15, 0.2) is 0 Å². The first-order valence-electron chi connectivity index (χ1n) is 7.24. The molecule has 5 nitrogen and oxygen atoms in total. The standard InChI is InChI=1S/C17H20N2O3/c1-11-5-4-6-16(18-11)19-9-12-14(21-2)7-8-15(22-3)17(12)13(20)10-19/h4-8,13,20H,9-10H2,1-3H3/t13-/m0/s1. The Kier molecular flexibility index (Phi) is 3.90. The molecule has 0 bridgehead atoms. The van der Waals surface area contributed by atoms with Crippen molar-refractivity contribution in [2.24, 2.45) is 0 Å². The summed E-state index contributed by atoms with van der Waals surface area (Å²) in [4.78, 5) is 6.60. The zero-order valence-electron chi connectivity index (χ0n) is 13.0. The molecule has 0 amide bonds.